The van der Waals surface area contributed by atoms with E-state index in [4.69, 9.17) is 15.2 Å². The van der Waals surface area contributed by atoms with Gasteiger partial charge in [-0.25, -0.2) is 9.13 Å². The van der Waals surface area contributed by atoms with Gasteiger partial charge in [0.15, 0.2) is 11.3 Å². The minimum atomic E-state index is 0.505. The molecule has 0 aliphatic rings. The van der Waals surface area contributed by atoms with Crippen molar-refractivity contribution in [1.82, 2.24) is 4.57 Å². The van der Waals surface area contributed by atoms with E-state index in [0.717, 1.165) is 40.2 Å². The Hall–Kier alpha value is -1.11. The molecule has 2 rings (SSSR count). The molecule has 6 heteroatoms. The Morgan fingerprint density at radius 1 is 1.29 bits per heavy atom. The number of imidazole rings is 1. The van der Waals surface area contributed by atoms with Crippen LogP contribution in [0.3, 0.4) is 0 Å². The van der Waals surface area contributed by atoms with Crippen molar-refractivity contribution in [2.45, 2.75) is 33.5 Å². The van der Waals surface area contributed by atoms with Crippen LogP contribution in [0.4, 0.5) is 0 Å². The molecule has 21 heavy (non-hydrogen) atoms. The van der Waals surface area contributed by atoms with Crippen LogP contribution in [0.5, 0.6) is 5.75 Å². The molecule has 2 N–H and O–H groups in total. The molecule has 0 saturated heterocycles. The lowest BCUT2D eigenvalue weighted by Gasteiger charge is -2.07. The van der Waals surface area contributed by atoms with Gasteiger partial charge in [-0.2, -0.15) is 0 Å². The van der Waals surface area contributed by atoms with Crippen molar-refractivity contribution in [3.8, 4) is 5.75 Å². The quantitative estimate of drug-likeness (QED) is 0.611. The van der Waals surface area contributed by atoms with Gasteiger partial charge >= 0.3 is 0 Å². The second kappa shape index (κ2) is 7.24. The molecule has 0 atom stereocenters. The lowest BCUT2D eigenvalue weighted by Crippen LogP contribution is -2.38. The molecule has 0 aliphatic heterocycles. The first-order chi connectivity index (χ1) is 10.2. The summed E-state index contributed by atoms with van der Waals surface area (Å²) in [6.45, 7) is 7.59. The van der Waals surface area contributed by atoms with Crippen molar-refractivity contribution in [2.24, 2.45) is 5.73 Å². The molecule has 5 nitrogen and oxygen atoms in total. The molecule has 0 aliphatic carbocycles. The monoisotopic (exact) mass is 356 g/mol. The van der Waals surface area contributed by atoms with E-state index in [0.29, 0.717) is 19.8 Å². The van der Waals surface area contributed by atoms with Gasteiger partial charge in [-0.3, -0.25) is 0 Å². The molecule has 0 saturated carbocycles. The van der Waals surface area contributed by atoms with Gasteiger partial charge in [-0.15, -0.1) is 0 Å². The van der Waals surface area contributed by atoms with Gasteiger partial charge < -0.3 is 15.2 Å². The van der Waals surface area contributed by atoms with Crippen LogP contribution >= 0.6 is 15.9 Å². The van der Waals surface area contributed by atoms with Gasteiger partial charge in [0.2, 0.25) is 5.52 Å². The predicted molar refractivity (Wildman–Crippen MR) is 86.4 cm³/mol. The normalized spacial score (nSPS) is 11.3. The molecule has 1 aromatic carbocycles. The highest BCUT2D eigenvalue weighted by Crippen LogP contribution is 2.30. The second-order valence-corrected chi connectivity index (χ2v) is 5.64. The number of nitrogens with zero attached hydrogens (tertiary/aromatic N) is 2. The first-order valence-corrected chi connectivity index (χ1v) is 8.03. The van der Waals surface area contributed by atoms with Gasteiger partial charge in [-0.05, 0) is 19.9 Å². The largest absolute Gasteiger partial charge is 0.487 e. The lowest BCUT2D eigenvalue weighted by molar-refractivity contribution is -0.676. The van der Waals surface area contributed by atoms with Crippen molar-refractivity contribution in [3.05, 3.63) is 22.4 Å². The van der Waals surface area contributed by atoms with Gasteiger partial charge in [0.1, 0.15) is 6.61 Å². The van der Waals surface area contributed by atoms with Crippen LogP contribution in [0, 0.1) is 0 Å². The fourth-order valence-electron chi connectivity index (χ4n) is 2.71. The third-order valence-corrected chi connectivity index (χ3v) is 4.02. The summed E-state index contributed by atoms with van der Waals surface area (Å²) in [5, 5.41) is 0. The zero-order valence-electron chi connectivity index (χ0n) is 12.9. The Morgan fingerprint density at radius 3 is 2.62 bits per heavy atom. The summed E-state index contributed by atoms with van der Waals surface area (Å²) in [6, 6.07) is 4.12. The molecular formula is C15H23BrN3O2+. The summed E-state index contributed by atoms with van der Waals surface area (Å²) in [4.78, 5) is 0. The minimum absolute atomic E-state index is 0.505. The number of hydrogen-bond donors (Lipinski definition) is 1. The Kier molecular flexibility index (Phi) is 5.61. The standard InChI is InChI=1S/C15H23BrN3O2/c1-4-18-12-8-11(16)9-13(21-7-6-20-3)15(12)19(5-2)14(18)10-17/h8-9H,4-7,10,17H2,1-3H3/q+1. The summed E-state index contributed by atoms with van der Waals surface area (Å²) >= 11 is 3.57. The highest BCUT2D eigenvalue weighted by molar-refractivity contribution is 9.10. The summed E-state index contributed by atoms with van der Waals surface area (Å²) in [5.74, 6) is 1.98. The van der Waals surface area contributed by atoms with Crippen LogP contribution in [0.15, 0.2) is 16.6 Å². The first-order valence-electron chi connectivity index (χ1n) is 7.24. The van der Waals surface area contributed by atoms with Crippen molar-refractivity contribution in [3.63, 3.8) is 0 Å². The predicted octanol–water partition coefficient (Wildman–Crippen LogP) is 2.21. The molecular weight excluding hydrogens is 334 g/mol. The van der Waals surface area contributed by atoms with Crippen LogP contribution in [0.2, 0.25) is 0 Å². The number of hydrogen-bond acceptors (Lipinski definition) is 3. The molecule has 0 unspecified atom stereocenters. The zero-order valence-corrected chi connectivity index (χ0v) is 14.4. The SMILES string of the molecule is CCn1c(CN)[n+](CC)c2cc(Br)cc(OCCOC)c21. The van der Waals surface area contributed by atoms with Crippen LogP contribution < -0.4 is 15.0 Å². The third-order valence-electron chi connectivity index (χ3n) is 3.56. The molecule has 0 amide bonds. The van der Waals surface area contributed by atoms with E-state index in [1.807, 2.05) is 6.07 Å². The molecule has 1 aromatic heterocycles. The van der Waals surface area contributed by atoms with Crippen LogP contribution in [0.25, 0.3) is 11.0 Å². The van der Waals surface area contributed by atoms with Gasteiger partial charge in [0, 0.05) is 17.6 Å². The molecule has 0 bridgehead atoms. The number of halogens is 1. The van der Waals surface area contributed by atoms with Gasteiger partial charge in [0.25, 0.3) is 5.82 Å². The van der Waals surface area contributed by atoms with E-state index in [-0.39, 0.29) is 0 Å². The average molecular weight is 357 g/mol. The van der Waals surface area contributed by atoms with Gasteiger partial charge in [-0.1, -0.05) is 15.9 Å². The van der Waals surface area contributed by atoms with Gasteiger partial charge in [0.05, 0.1) is 26.2 Å². The highest BCUT2D eigenvalue weighted by Gasteiger charge is 2.25. The topological polar surface area (TPSA) is 53.3 Å². The fraction of sp³-hybridized carbons (Fsp3) is 0.533. The lowest BCUT2D eigenvalue weighted by atomic mass is 10.3. The van der Waals surface area contributed by atoms with E-state index >= 15 is 0 Å². The van der Waals surface area contributed by atoms with Crippen molar-refractivity contribution in [2.75, 3.05) is 20.3 Å². The summed E-state index contributed by atoms with van der Waals surface area (Å²) in [5.41, 5.74) is 8.20. The number of aryl methyl sites for hydroxylation is 2. The van der Waals surface area contributed by atoms with Crippen LogP contribution in [-0.2, 0) is 24.4 Å². The molecule has 2 aromatic rings. The summed E-state index contributed by atoms with van der Waals surface area (Å²) in [7, 11) is 1.67. The Labute approximate surface area is 133 Å². The zero-order chi connectivity index (χ0) is 15.4. The second-order valence-electron chi connectivity index (χ2n) is 4.72. The smallest absolute Gasteiger partial charge is 0.271 e. The molecule has 1 heterocycles. The Morgan fingerprint density at radius 2 is 2.05 bits per heavy atom. The number of aromatic nitrogens is 2. The number of rotatable bonds is 7. The summed E-state index contributed by atoms with van der Waals surface area (Å²) < 4.78 is 16.4. The average Bonchev–Trinajstić information content (AvgIpc) is 2.79. The van der Waals surface area contributed by atoms with E-state index in [1.54, 1.807) is 7.11 Å². The number of nitrogens with two attached hydrogens (primary N) is 1. The van der Waals surface area contributed by atoms with Crippen LogP contribution in [0.1, 0.15) is 19.7 Å². The highest BCUT2D eigenvalue weighted by atomic mass is 79.9. The van der Waals surface area contributed by atoms with E-state index in [9.17, 15) is 0 Å². The minimum Gasteiger partial charge on any atom is -0.487 e. The number of ether oxygens (including phenoxy) is 2. The van der Waals surface area contributed by atoms with Crippen molar-refractivity contribution in [1.29, 1.82) is 0 Å². The first kappa shape index (κ1) is 16.3. The summed E-state index contributed by atoms with van der Waals surface area (Å²) in [6.07, 6.45) is 0. The number of benzene rings is 1. The van der Waals surface area contributed by atoms with Crippen molar-refractivity contribution >= 4 is 27.0 Å². The Bertz CT molecular complexity index is 625. The number of fused-ring (bicyclic) bond motifs is 1. The maximum Gasteiger partial charge on any atom is 0.271 e. The van der Waals surface area contributed by atoms with Crippen molar-refractivity contribution < 1.29 is 14.0 Å². The third kappa shape index (κ3) is 3.07. The van der Waals surface area contributed by atoms with E-state index < -0.39 is 0 Å². The molecule has 116 valence electrons. The number of methoxy groups -OCH3 is 1. The molecule has 0 fully saturated rings. The maximum absolute atomic E-state index is 5.96. The molecule has 0 radical (unpaired) electrons. The van der Waals surface area contributed by atoms with Crippen LogP contribution in [-0.4, -0.2) is 24.9 Å². The van der Waals surface area contributed by atoms with E-state index in [2.05, 4.69) is 45.0 Å². The Balaban J connectivity index is 2.65. The maximum atomic E-state index is 5.96. The molecule has 0 spiro atoms. The fourth-order valence-corrected chi connectivity index (χ4v) is 3.13. The van der Waals surface area contributed by atoms with E-state index in [1.165, 1.54) is 0 Å².